The van der Waals surface area contributed by atoms with Gasteiger partial charge in [0, 0.05) is 12.1 Å². The fourth-order valence-corrected chi connectivity index (χ4v) is 2.58. The van der Waals surface area contributed by atoms with Crippen LogP contribution in [0, 0.1) is 11.8 Å². The lowest BCUT2D eigenvalue weighted by molar-refractivity contribution is -0.106. The molecule has 1 aliphatic heterocycles. The highest BCUT2D eigenvalue weighted by molar-refractivity contribution is 4.89. The average Bonchev–Trinajstić information content (AvgIpc) is 2.01. The van der Waals surface area contributed by atoms with Crippen LogP contribution in [0.4, 0.5) is 0 Å². The summed E-state index contributed by atoms with van der Waals surface area (Å²) in [6.45, 7) is 12.0. The van der Waals surface area contributed by atoms with Crippen LogP contribution in [0.3, 0.4) is 0 Å². The highest BCUT2D eigenvalue weighted by Gasteiger charge is 2.37. The molecule has 0 radical (unpaired) electrons. The molecule has 84 valence electrons. The standard InChI is InChI=1S/C12H25NO/c1-9(2)11(14)13-7-6-10(3)8-12(13,4)5/h9-11,14H,6-8H2,1-5H3. The first-order valence-corrected chi connectivity index (χ1v) is 5.79. The fourth-order valence-electron chi connectivity index (χ4n) is 2.58. The van der Waals surface area contributed by atoms with Crippen LogP contribution < -0.4 is 0 Å². The topological polar surface area (TPSA) is 23.5 Å². The predicted molar refractivity (Wildman–Crippen MR) is 60.0 cm³/mol. The smallest absolute Gasteiger partial charge is 0.110 e. The van der Waals surface area contributed by atoms with E-state index in [4.69, 9.17) is 0 Å². The maximum atomic E-state index is 10.1. The molecule has 0 aromatic carbocycles. The fraction of sp³-hybridized carbons (Fsp3) is 1.00. The molecule has 1 N–H and O–H groups in total. The first kappa shape index (κ1) is 12.0. The minimum absolute atomic E-state index is 0.154. The lowest BCUT2D eigenvalue weighted by Gasteiger charge is -2.48. The molecule has 1 heterocycles. The maximum absolute atomic E-state index is 10.1. The Morgan fingerprint density at radius 1 is 1.36 bits per heavy atom. The molecule has 1 rings (SSSR count). The van der Waals surface area contributed by atoms with Gasteiger partial charge in [-0.1, -0.05) is 20.8 Å². The third-order valence-electron chi connectivity index (χ3n) is 3.40. The van der Waals surface area contributed by atoms with E-state index in [1.807, 2.05) is 0 Å². The summed E-state index contributed by atoms with van der Waals surface area (Å²) in [5, 5.41) is 10.1. The van der Waals surface area contributed by atoms with Gasteiger partial charge in [-0.15, -0.1) is 0 Å². The molecule has 0 aromatic heterocycles. The van der Waals surface area contributed by atoms with Crippen molar-refractivity contribution in [2.75, 3.05) is 6.54 Å². The third-order valence-corrected chi connectivity index (χ3v) is 3.40. The minimum atomic E-state index is -0.280. The molecule has 0 aromatic rings. The van der Waals surface area contributed by atoms with E-state index in [2.05, 4.69) is 39.5 Å². The van der Waals surface area contributed by atoms with Crippen molar-refractivity contribution in [3.05, 3.63) is 0 Å². The Kier molecular flexibility index (Phi) is 3.59. The number of aliphatic hydroxyl groups is 1. The SMILES string of the molecule is CC1CCN(C(O)C(C)C)C(C)(C)C1. The van der Waals surface area contributed by atoms with Gasteiger partial charge in [-0.05, 0) is 38.5 Å². The zero-order chi connectivity index (χ0) is 10.9. The second kappa shape index (κ2) is 4.19. The Bertz CT molecular complexity index is 189. The molecular weight excluding hydrogens is 174 g/mol. The monoisotopic (exact) mass is 199 g/mol. The summed E-state index contributed by atoms with van der Waals surface area (Å²) in [6, 6.07) is 0. The van der Waals surface area contributed by atoms with Crippen molar-refractivity contribution in [1.82, 2.24) is 4.90 Å². The zero-order valence-corrected chi connectivity index (χ0v) is 10.2. The van der Waals surface area contributed by atoms with Crippen LogP contribution in [0.2, 0.25) is 0 Å². The molecule has 1 saturated heterocycles. The van der Waals surface area contributed by atoms with Crippen molar-refractivity contribution in [1.29, 1.82) is 0 Å². The largest absolute Gasteiger partial charge is 0.378 e. The number of hydrogen-bond acceptors (Lipinski definition) is 2. The van der Waals surface area contributed by atoms with Crippen molar-refractivity contribution in [3.63, 3.8) is 0 Å². The number of hydrogen-bond donors (Lipinski definition) is 1. The van der Waals surface area contributed by atoms with E-state index in [9.17, 15) is 5.11 Å². The molecule has 14 heavy (non-hydrogen) atoms. The summed E-state index contributed by atoms with van der Waals surface area (Å²) in [5.74, 6) is 1.11. The van der Waals surface area contributed by atoms with Gasteiger partial charge in [0.2, 0.25) is 0 Å². The van der Waals surface area contributed by atoms with Gasteiger partial charge in [-0.3, -0.25) is 4.90 Å². The number of likely N-dealkylation sites (tertiary alicyclic amines) is 1. The van der Waals surface area contributed by atoms with E-state index >= 15 is 0 Å². The van der Waals surface area contributed by atoms with Crippen LogP contribution in [0.25, 0.3) is 0 Å². The van der Waals surface area contributed by atoms with Gasteiger partial charge >= 0.3 is 0 Å². The van der Waals surface area contributed by atoms with Crippen LogP contribution in [0.5, 0.6) is 0 Å². The molecule has 1 aliphatic rings. The molecular formula is C12H25NO. The molecule has 0 saturated carbocycles. The van der Waals surface area contributed by atoms with Crippen LogP contribution in [0.1, 0.15) is 47.5 Å². The van der Waals surface area contributed by atoms with E-state index in [-0.39, 0.29) is 11.8 Å². The van der Waals surface area contributed by atoms with E-state index in [0.717, 1.165) is 12.5 Å². The zero-order valence-electron chi connectivity index (χ0n) is 10.2. The Morgan fingerprint density at radius 2 is 1.93 bits per heavy atom. The summed E-state index contributed by atoms with van der Waals surface area (Å²) in [5.41, 5.74) is 0.154. The molecule has 0 bridgehead atoms. The molecule has 2 heteroatoms. The van der Waals surface area contributed by atoms with Crippen LogP contribution in [0.15, 0.2) is 0 Å². The molecule has 2 nitrogen and oxygen atoms in total. The van der Waals surface area contributed by atoms with Crippen LogP contribution >= 0.6 is 0 Å². The molecule has 1 fully saturated rings. The van der Waals surface area contributed by atoms with Gasteiger partial charge in [0.05, 0.1) is 0 Å². The summed E-state index contributed by atoms with van der Waals surface area (Å²) in [6.07, 6.45) is 2.13. The van der Waals surface area contributed by atoms with Crippen molar-refractivity contribution in [2.45, 2.75) is 59.2 Å². The number of aliphatic hydroxyl groups excluding tert-OH is 1. The Hall–Kier alpha value is -0.0800. The highest BCUT2D eigenvalue weighted by atomic mass is 16.3. The molecule has 0 aliphatic carbocycles. The Labute approximate surface area is 88.3 Å². The van der Waals surface area contributed by atoms with E-state index in [1.165, 1.54) is 12.8 Å². The van der Waals surface area contributed by atoms with E-state index < -0.39 is 0 Å². The second-order valence-electron chi connectivity index (χ2n) is 5.76. The number of nitrogens with zero attached hydrogens (tertiary/aromatic N) is 1. The minimum Gasteiger partial charge on any atom is -0.378 e. The number of rotatable bonds is 2. The Balaban J connectivity index is 2.69. The predicted octanol–water partition coefficient (Wildman–Crippen LogP) is 2.47. The van der Waals surface area contributed by atoms with Crippen molar-refractivity contribution < 1.29 is 5.11 Å². The molecule has 2 atom stereocenters. The van der Waals surface area contributed by atoms with Crippen LogP contribution in [-0.2, 0) is 0 Å². The van der Waals surface area contributed by atoms with Crippen molar-refractivity contribution in [3.8, 4) is 0 Å². The molecule has 0 amide bonds. The lowest BCUT2D eigenvalue weighted by atomic mass is 9.83. The third kappa shape index (κ3) is 2.48. The second-order valence-corrected chi connectivity index (χ2v) is 5.76. The summed E-state index contributed by atoms with van der Waals surface area (Å²) in [7, 11) is 0. The van der Waals surface area contributed by atoms with Gasteiger partial charge in [0.15, 0.2) is 0 Å². The first-order valence-electron chi connectivity index (χ1n) is 5.79. The van der Waals surface area contributed by atoms with E-state index in [1.54, 1.807) is 0 Å². The molecule has 0 spiro atoms. The summed E-state index contributed by atoms with van der Waals surface area (Å²) in [4.78, 5) is 2.26. The van der Waals surface area contributed by atoms with Crippen molar-refractivity contribution in [2.24, 2.45) is 11.8 Å². The van der Waals surface area contributed by atoms with E-state index in [0.29, 0.717) is 5.92 Å². The van der Waals surface area contributed by atoms with Gasteiger partial charge < -0.3 is 5.11 Å². The van der Waals surface area contributed by atoms with Gasteiger partial charge in [-0.2, -0.15) is 0 Å². The quantitative estimate of drug-likeness (QED) is 0.738. The van der Waals surface area contributed by atoms with Gasteiger partial charge in [-0.25, -0.2) is 0 Å². The number of piperidine rings is 1. The van der Waals surface area contributed by atoms with Crippen molar-refractivity contribution >= 4 is 0 Å². The van der Waals surface area contributed by atoms with Gasteiger partial charge in [0.1, 0.15) is 6.23 Å². The lowest BCUT2D eigenvalue weighted by Crippen LogP contribution is -2.55. The van der Waals surface area contributed by atoms with Gasteiger partial charge in [0.25, 0.3) is 0 Å². The maximum Gasteiger partial charge on any atom is 0.110 e. The Morgan fingerprint density at radius 3 is 2.36 bits per heavy atom. The highest BCUT2D eigenvalue weighted by Crippen LogP contribution is 2.33. The average molecular weight is 199 g/mol. The normalized spacial score (nSPS) is 30.6. The molecule has 2 unspecified atom stereocenters. The van der Waals surface area contributed by atoms with Crippen LogP contribution in [-0.4, -0.2) is 28.3 Å². The summed E-state index contributed by atoms with van der Waals surface area (Å²) >= 11 is 0. The first-order chi connectivity index (χ1) is 6.34. The summed E-state index contributed by atoms with van der Waals surface area (Å²) < 4.78 is 0.